The van der Waals surface area contributed by atoms with Gasteiger partial charge in [-0.1, -0.05) is 6.08 Å². The van der Waals surface area contributed by atoms with Gasteiger partial charge in [0.25, 0.3) is 0 Å². The number of methoxy groups -OCH3 is 1. The first-order chi connectivity index (χ1) is 7.22. The first kappa shape index (κ1) is 11.2. The molecule has 1 heterocycles. The molecule has 80 valence electrons. The van der Waals surface area contributed by atoms with Gasteiger partial charge in [-0.05, 0) is 17.7 Å². The van der Waals surface area contributed by atoms with Crippen LogP contribution >= 0.6 is 0 Å². The number of esters is 1. The highest BCUT2D eigenvalue weighted by Gasteiger charge is 1.91. The van der Waals surface area contributed by atoms with Crippen LogP contribution < -0.4 is 4.74 Å². The minimum atomic E-state index is -0.285. The molecule has 0 atom stereocenters. The molecular formula is C11H13NO3. The molecular weight excluding hydrogens is 194 g/mol. The summed E-state index contributed by atoms with van der Waals surface area (Å²) in [6.45, 7) is 1.66. The first-order valence-electron chi connectivity index (χ1n) is 4.52. The van der Waals surface area contributed by atoms with Crippen LogP contribution in [0.15, 0.2) is 24.4 Å². The largest absolute Gasteiger partial charge is 0.481 e. The van der Waals surface area contributed by atoms with Gasteiger partial charge in [0, 0.05) is 19.2 Å². The number of hydrogen-bond acceptors (Lipinski definition) is 4. The van der Waals surface area contributed by atoms with Gasteiger partial charge >= 0.3 is 5.97 Å². The Balaban J connectivity index is 2.46. The third kappa shape index (κ3) is 4.26. The molecule has 0 N–H and O–H groups in total. The number of carbonyl (C=O) groups excluding carboxylic acids is 1. The maximum atomic E-state index is 10.5. The summed E-state index contributed by atoms with van der Waals surface area (Å²) >= 11 is 0. The van der Waals surface area contributed by atoms with Crippen molar-refractivity contribution in [1.29, 1.82) is 0 Å². The molecule has 1 rings (SSSR count). The van der Waals surface area contributed by atoms with Gasteiger partial charge in [0.2, 0.25) is 5.88 Å². The van der Waals surface area contributed by atoms with Crippen LogP contribution in [0.25, 0.3) is 6.08 Å². The zero-order valence-corrected chi connectivity index (χ0v) is 8.77. The van der Waals surface area contributed by atoms with Crippen LogP contribution in [0, 0.1) is 0 Å². The van der Waals surface area contributed by atoms with Gasteiger partial charge in [0.05, 0.1) is 7.11 Å². The van der Waals surface area contributed by atoms with Gasteiger partial charge in [0.15, 0.2) is 0 Å². The van der Waals surface area contributed by atoms with Gasteiger partial charge in [-0.25, -0.2) is 4.98 Å². The average Bonchev–Trinajstić information content (AvgIpc) is 2.25. The predicted octanol–water partition coefficient (Wildman–Crippen LogP) is 1.67. The fourth-order valence-electron chi connectivity index (χ4n) is 0.961. The Hall–Kier alpha value is -1.84. The van der Waals surface area contributed by atoms with Crippen LogP contribution in [0.4, 0.5) is 0 Å². The number of nitrogens with zero attached hydrogens (tertiary/aromatic N) is 1. The van der Waals surface area contributed by atoms with Crippen molar-refractivity contribution in [1.82, 2.24) is 4.98 Å². The number of ether oxygens (including phenoxy) is 2. The number of aromatic nitrogens is 1. The van der Waals surface area contributed by atoms with E-state index in [1.807, 2.05) is 12.1 Å². The SMILES string of the molecule is COc1ccc(/C=C/COC(C)=O)cn1. The Morgan fingerprint density at radius 3 is 2.87 bits per heavy atom. The molecule has 4 nitrogen and oxygen atoms in total. The Kier molecular flexibility index (Phi) is 4.34. The highest BCUT2D eigenvalue weighted by atomic mass is 16.5. The van der Waals surface area contributed by atoms with Crippen LogP contribution in [-0.2, 0) is 9.53 Å². The number of pyridine rings is 1. The monoisotopic (exact) mass is 207 g/mol. The number of carbonyl (C=O) groups is 1. The smallest absolute Gasteiger partial charge is 0.302 e. The maximum absolute atomic E-state index is 10.5. The Bertz CT molecular complexity index is 343. The lowest BCUT2D eigenvalue weighted by atomic mass is 10.2. The van der Waals surface area contributed by atoms with Crippen molar-refractivity contribution < 1.29 is 14.3 Å². The summed E-state index contributed by atoms with van der Waals surface area (Å²) in [6.07, 6.45) is 5.27. The van der Waals surface area contributed by atoms with Crippen molar-refractivity contribution in [3.05, 3.63) is 30.0 Å². The molecule has 0 aliphatic heterocycles. The first-order valence-corrected chi connectivity index (χ1v) is 4.52. The molecule has 0 radical (unpaired) electrons. The van der Waals surface area contributed by atoms with Crippen molar-refractivity contribution >= 4 is 12.0 Å². The van der Waals surface area contributed by atoms with Crippen LogP contribution in [0.1, 0.15) is 12.5 Å². The maximum Gasteiger partial charge on any atom is 0.302 e. The summed E-state index contributed by atoms with van der Waals surface area (Å²) in [5, 5.41) is 0. The van der Waals surface area contributed by atoms with Gasteiger partial charge in [-0.15, -0.1) is 0 Å². The molecule has 0 fully saturated rings. The van der Waals surface area contributed by atoms with E-state index in [4.69, 9.17) is 9.47 Å². The summed E-state index contributed by atoms with van der Waals surface area (Å²) in [4.78, 5) is 14.5. The molecule has 1 aromatic heterocycles. The van der Waals surface area contributed by atoms with E-state index in [1.54, 1.807) is 25.4 Å². The van der Waals surface area contributed by atoms with Crippen LogP contribution in [0.2, 0.25) is 0 Å². The third-order valence-corrected chi connectivity index (χ3v) is 1.66. The number of rotatable bonds is 4. The molecule has 0 saturated heterocycles. The topological polar surface area (TPSA) is 48.4 Å². The van der Waals surface area contributed by atoms with Crippen molar-refractivity contribution in [2.24, 2.45) is 0 Å². The van der Waals surface area contributed by atoms with E-state index in [9.17, 15) is 4.79 Å². The second-order valence-corrected chi connectivity index (χ2v) is 2.84. The molecule has 0 unspecified atom stereocenters. The van der Waals surface area contributed by atoms with Crippen LogP contribution in [0.3, 0.4) is 0 Å². The van der Waals surface area contributed by atoms with Crippen molar-refractivity contribution in [2.45, 2.75) is 6.92 Å². The van der Waals surface area contributed by atoms with E-state index in [1.165, 1.54) is 6.92 Å². The quantitative estimate of drug-likeness (QED) is 0.704. The molecule has 0 aromatic carbocycles. The minimum absolute atomic E-state index is 0.279. The molecule has 0 bridgehead atoms. The van der Waals surface area contributed by atoms with Crippen molar-refractivity contribution in [3.8, 4) is 5.88 Å². The fourth-order valence-corrected chi connectivity index (χ4v) is 0.961. The normalized spacial score (nSPS) is 10.3. The molecule has 15 heavy (non-hydrogen) atoms. The summed E-state index contributed by atoms with van der Waals surface area (Å²) in [5.74, 6) is 0.291. The van der Waals surface area contributed by atoms with Crippen molar-refractivity contribution in [3.63, 3.8) is 0 Å². The summed E-state index contributed by atoms with van der Waals surface area (Å²) in [7, 11) is 1.57. The zero-order valence-electron chi connectivity index (χ0n) is 8.77. The van der Waals surface area contributed by atoms with E-state index in [0.717, 1.165) is 5.56 Å². The second-order valence-electron chi connectivity index (χ2n) is 2.84. The highest BCUT2D eigenvalue weighted by molar-refractivity contribution is 5.66. The summed E-state index contributed by atoms with van der Waals surface area (Å²) in [6, 6.07) is 3.64. The lowest BCUT2D eigenvalue weighted by Crippen LogP contribution is -1.97. The van der Waals surface area contributed by atoms with Gasteiger partial charge in [0.1, 0.15) is 6.61 Å². The van der Waals surface area contributed by atoms with Crippen molar-refractivity contribution in [2.75, 3.05) is 13.7 Å². The summed E-state index contributed by atoms with van der Waals surface area (Å²) in [5.41, 5.74) is 0.933. The molecule has 0 aliphatic rings. The van der Waals surface area contributed by atoms with E-state index in [0.29, 0.717) is 5.88 Å². The molecule has 4 heteroatoms. The standard InChI is InChI=1S/C11H13NO3/c1-9(13)15-7-3-4-10-5-6-11(14-2)12-8-10/h3-6,8H,7H2,1-2H3/b4-3+. The predicted molar refractivity (Wildman–Crippen MR) is 56.5 cm³/mol. The van der Waals surface area contributed by atoms with Gasteiger partial charge in [-0.3, -0.25) is 4.79 Å². The Labute approximate surface area is 88.5 Å². The van der Waals surface area contributed by atoms with E-state index in [2.05, 4.69) is 4.98 Å². The average molecular weight is 207 g/mol. The zero-order chi connectivity index (χ0) is 11.1. The van der Waals surface area contributed by atoms with E-state index in [-0.39, 0.29) is 12.6 Å². The summed E-state index contributed by atoms with van der Waals surface area (Å²) < 4.78 is 9.66. The van der Waals surface area contributed by atoms with Crippen LogP contribution in [0.5, 0.6) is 5.88 Å². The Morgan fingerprint density at radius 2 is 2.33 bits per heavy atom. The Morgan fingerprint density at radius 1 is 1.53 bits per heavy atom. The van der Waals surface area contributed by atoms with E-state index < -0.39 is 0 Å². The highest BCUT2D eigenvalue weighted by Crippen LogP contribution is 2.07. The van der Waals surface area contributed by atoms with Crippen LogP contribution in [-0.4, -0.2) is 24.7 Å². The van der Waals surface area contributed by atoms with Gasteiger partial charge in [-0.2, -0.15) is 0 Å². The lowest BCUT2D eigenvalue weighted by Gasteiger charge is -1.98. The fraction of sp³-hybridized carbons (Fsp3) is 0.273. The molecule has 0 amide bonds. The van der Waals surface area contributed by atoms with Gasteiger partial charge < -0.3 is 9.47 Å². The van der Waals surface area contributed by atoms with E-state index >= 15 is 0 Å². The molecule has 1 aromatic rings. The lowest BCUT2D eigenvalue weighted by molar-refractivity contribution is -0.139. The molecule has 0 aliphatic carbocycles. The minimum Gasteiger partial charge on any atom is -0.481 e. The second kappa shape index (κ2) is 5.80. The third-order valence-electron chi connectivity index (χ3n) is 1.66. The molecule has 0 saturated carbocycles. The number of hydrogen-bond donors (Lipinski definition) is 0. The molecule has 0 spiro atoms.